The van der Waals surface area contributed by atoms with E-state index in [1.54, 1.807) is 4.90 Å². The molecule has 2 heterocycles. The van der Waals surface area contributed by atoms with Crippen LogP contribution in [-0.4, -0.2) is 29.9 Å². The fourth-order valence-electron chi connectivity index (χ4n) is 3.80. The molecule has 2 aromatic rings. The molecule has 0 bridgehead atoms. The number of ether oxygens (including phenoxy) is 1. The highest BCUT2D eigenvalue weighted by Crippen LogP contribution is 2.32. The van der Waals surface area contributed by atoms with Gasteiger partial charge in [-0.15, -0.1) is 11.3 Å². The number of esters is 1. The smallest absolute Gasteiger partial charge is 0.348 e. The topological polar surface area (TPSA) is 46.6 Å². The molecular formula is C21H23NO3S. The Labute approximate surface area is 157 Å². The third-order valence-electron chi connectivity index (χ3n) is 5.34. The molecule has 1 atom stereocenters. The van der Waals surface area contributed by atoms with Crippen molar-refractivity contribution >= 4 is 23.2 Å². The molecule has 136 valence electrons. The van der Waals surface area contributed by atoms with Crippen LogP contribution in [-0.2, 0) is 35.3 Å². The van der Waals surface area contributed by atoms with Gasteiger partial charge in [-0.2, -0.15) is 0 Å². The molecule has 1 aliphatic carbocycles. The number of hydrogen-bond donors (Lipinski definition) is 0. The normalized spacial score (nSPS) is 18.8. The SMILES string of the molecule is C[C@@H]1CCc2sc(C(=O)OCC(=O)N3CCc4ccccc4C3)cc2C1. The minimum Gasteiger partial charge on any atom is -0.451 e. The summed E-state index contributed by atoms with van der Waals surface area (Å²) in [6.45, 7) is 3.34. The second-order valence-electron chi connectivity index (χ2n) is 7.32. The molecule has 4 rings (SSSR count). The quantitative estimate of drug-likeness (QED) is 0.777. The van der Waals surface area contributed by atoms with Crippen LogP contribution in [0.25, 0.3) is 0 Å². The van der Waals surface area contributed by atoms with E-state index in [4.69, 9.17) is 4.74 Å². The molecule has 0 saturated heterocycles. The average Bonchev–Trinajstić information content (AvgIpc) is 3.08. The number of hydrogen-bond acceptors (Lipinski definition) is 4. The zero-order chi connectivity index (χ0) is 18.1. The van der Waals surface area contributed by atoms with Crippen LogP contribution in [0.3, 0.4) is 0 Å². The Morgan fingerprint density at radius 1 is 1.19 bits per heavy atom. The van der Waals surface area contributed by atoms with Gasteiger partial charge in [0.25, 0.3) is 5.91 Å². The zero-order valence-electron chi connectivity index (χ0n) is 15.0. The number of amides is 1. The Bertz CT molecular complexity index is 842. The summed E-state index contributed by atoms with van der Waals surface area (Å²) in [4.78, 5) is 28.5. The van der Waals surface area contributed by atoms with E-state index in [0.717, 1.165) is 19.3 Å². The Hall–Kier alpha value is -2.14. The van der Waals surface area contributed by atoms with Crippen LogP contribution in [0.1, 0.15) is 44.6 Å². The highest BCUT2D eigenvalue weighted by Gasteiger charge is 2.24. The van der Waals surface area contributed by atoms with E-state index < -0.39 is 0 Å². The molecule has 0 spiro atoms. The Balaban J connectivity index is 1.34. The predicted octanol–water partition coefficient (Wildman–Crippen LogP) is 3.61. The molecule has 2 aliphatic rings. The molecule has 0 unspecified atom stereocenters. The van der Waals surface area contributed by atoms with Crippen LogP contribution in [0.5, 0.6) is 0 Å². The van der Waals surface area contributed by atoms with Gasteiger partial charge in [0.05, 0.1) is 0 Å². The van der Waals surface area contributed by atoms with Gasteiger partial charge >= 0.3 is 5.97 Å². The van der Waals surface area contributed by atoms with Crippen molar-refractivity contribution in [1.82, 2.24) is 4.90 Å². The molecule has 1 amide bonds. The average molecular weight is 369 g/mol. The van der Waals surface area contributed by atoms with Crippen molar-refractivity contribution in [2.45, 2.75) is 39.2 Å². The highest BCUT2D eigenvalue weighted by molar-refractivity contribution is 7.14. The lowest BCUT2D eigenvalue weighted by Crippen LogP contribution is -2.38. The minimum absolute atomic E-state index is 0.122. The first-order valence-electron chi connectivity index (χ1n) is 9.23. The first kappa shape index (κ1) is 17.3. The van der Waals surface area contributed by atoms with Crippen molar-refractivity contribution in [2.24, 2.45) is 5.92 Å². The Morgan fingerprint density at radius 3 is 2.85 bits per heavy atom. The summed E-state index contributed by atoms with van der Waals surface area (Å²) >= 11 is 1.52. The summed E-state index contributed by atoms with van der Waals surface area (Å²) in [6, 6.07) is 10.1. The van der Waals surface area contributed by atoms with Gasteiger partial charge in [0.1, 0.15) is 4.88 Å². The van der Waals surface area contributed by atoms with Crippen molar-refractivity contribution in [3.63, 3.8) is 0 Å². The van der Waals surface area contributed by atoms with E-state index in [0.29, 0.717) is 23.9 Å². The van der Waals surface area contributed by atoms with Gasteiger partial charge in [-0.3, -0.25) is 4.79 Å². The Morgan fingerprint density at radius 2 is 2.00 bits per heavy atom. The van der Waals surface area contributed by atoms with Crippen molar-refractivity contribution < 1.29 is 14.3 Å². The van der Waals surface area contributed by atoms with Crippen LogP contribution in [0.2, 0.25) is 0 Å². The van der Waals surface area contributed by atoms with Crippen molar-refractivity contribution in [3.05, 3.63) is 56.8 Å². The maximum Gasteiger partial charge on any atom is 0.348 e. The maximum atomic E-state index is 12.4. The van der Waals surface area contributed by atoms with Crippen molar-refractivity contribution in [1.29, 1.82) is 0 Å². The largest absolute Gasteiger partial charge is 0.451 e. The predicted molar refractivity (Wildman–Crippen MR) is 101 cm³/mol. The maximum absolute atomic E-state index is 12.4. The van der Waals surface area contributed by atoms with E-state index in [2.05, 4.69) is 19.1 Å². The van der Waals surface area contributed by atoms with E-state index in [9.17, 15) is 9.59 Å². The zero-order valence-corrected chi connectivity index (χ0v) is 15.8. The molecule has 1 aromatic carbocycles. The summed E-state index contributed by atoms with van der Waals surface area (Å²) in [7, 11) is 0. The fourth-order valence-corrected chi connectivity index (χ4v) is 4.91. The summed E-state index contributed by atoms with van der Waals surface area (Å²) in [5.74, 6) is 0.176. The van der Waals surface area contributed by atoms with Gasteiger partial charge in [0.2, 0.25) is 0 Å². The van der Waals surface area contributed by atoms with Crippen LogP contribution in [0.15, 0.2) is 30.3 Å². The lowest BCUT2D eigenvalue weighted by atomic mass is 9.90. The molecule has 0 radical (unpaired) electrons. The van der Waals surface area contributed by atoms with Crippen molar-refractivity contribution in [2.75, 3.05) is 13.2 Å². The van der Waals surface area contributed by atoms with E-state index in [1.807, 2.05) is 18.2 Å². The second-order valence-corrected chi connectivity index (χ2v) is 8.45. The molecule has 0 saturated carbocycles. The minimum atomic E-state index is -0.372. The van der Waals surface area contributed by atoms with Gasteiger partial charge < -0.3 is 9.64 Å². The lowest BCUT2D eigenvalue weighted by Gasteiger charge is -2.28. The van der Waals surface area contributed by atoms with Crippen LogP contribution >= 0.6 is 11.3 Å². The first-order chi connectivity index (χ1) is 12.6. The van der Waals surface area contributed by atoms with Gasteiger partial charge in [0.15, 0.2) is 6.61 Å². The molecule has 26 heavy (non-hydrogen) atoms. The summed E-state index contributed by atoms with van der Waals surface area (Å²) in [5, 5.41) is 0. The number of benzene rings is 1. The van der Waals surface area contributed by atoms with Crippen LogP contribution in [0, 0.1) is 5.92 Å². The summed E-state index contributed by atoms with van der Waals surface area (Å²) in [6.07, 6.45) is 4.11. The van der Waals surface area contributed by atoms with Crippen LogP contribution in [0.4, 0.5) is 0 Å². The summed E-state index contributed by atoms with van der Waals surface area (Å²) in [5.41, 5.74) is 3.75. The molecule has 1 aliphatic heterocycles. The van der Waals surface area contributed by atoms with Gasteiger partial charge in [-0.25, -0.2) is 4.79 Å². The number of carbonyl (C=O) groups is 2. The van der Waals surface area contributed by atoms with Gasteiger partial charge in [0, 0.05) is 18.0 Å². The Kier molecular flexibility index (Phi) is 4.81. The number of rotatable bonds is 3. The van der Waals surface area contributed by atoms with Gasteiger partial charge in [-0.05, 0) is 54.4 Å². The van der Waals surface area contributed by atoms with E-state index in [1.165, 1.54) is 39.3 Å². The molecular weight excluding hydrogens is 346 g/mol. The van der Waals surface area contributed by atoms with E-state index >= 15 is 0 Å². The molecule has 0 N–H and O–H groups in total. The number of thiophene rings is 1. The molecule has 1 aromatic heterocycles. The third kappa shape index (κ3) is 3.54. The van der Waals surface area contributed by atoms with E-state index in [-0.39, 0.29) is 18.5 Å². The number of nitrogens with zero attached hydrogens (tertiary/aromatic N) is 1. The summed E-state index contributed by atoms with van der Waals surface area (Å²) < 4.78 is 5.32. The fraction of sp³-hybridized carbons (Fsp3) is 0.429. The highest BCUT2D eigenvalue weighted by atomic mass is 32.1. The molecule has 0 fully saturated rings. The first-order valence-corrected chi connectivity index (χ1v) is 10.0. The third-order valence-corrected chi connectivity index (χ3v) is 6.56. The van der Waals surface area contributed by atoms with Gasteiger partial charge in [-0.1, -0.05) is 31.2 Å². The number of fused-ring (bicyclic) bond motifs is 2. The van der Waals surface area contributed by atoms with Crippen molar-refractivity contribution in [3.8, 4) is 0 Å². The van der Waals surface area contributed by atoms with Crippen LogP contribution < -0.4 is 0 Å². The standard InChI is InChI=1S/C21H23NO3S/c1-14-6-7-18-17(10-14)11-19(26-18)21(24)25-13-20(23)22-9-8-15-4-2-3-5-16(15)12-22/h2-5,11,14H,6-10,12-13H2,1H3/t14-/m1/s1. The molecule has 5 heteroatoms. The monoisotopic (exact) mass is 369 g/mol. The lowest BCUT2D eigenvalue weighted by molar-refractivity contribution is -0.135. The number of aryl methyl sites for hydroxylation is 1. The number of carbonyl (C=O) groups excluding carboxylic acids is 2. The second kappa shape index (κ2) is 7.23. The molecule has 4 nitrogen and oxygen atoms in total.